The van der Waals surface area contributed by atoms with Crippen LogP contribution in [-0.4, -0.2) is 65.6 Å². The minimum Gasteiger partial charge on any atom is -0.481 e. The van der Waals surface area contributed by atoms with Crippen molar-refractivity contribution in [2.45, 2.75) is 26.3 Å². The number of thioether (sulfide) groups is 1. The number of hydrogen-bond donors (Lipinski definition) is 3. The predicted octanol–water partition coefficient (Wildman–Crippen LogP) is 0.360. The van der Waals surface area contributed by atoms with Crippen molar-refractivity contribution in [2.24, 2.45) is 5.41 Å². The Morgan fingerprint density at radius 3 is 2.62 bits per heavy atom. The molecule has 7 nitrogen and oxygen atoms in total. The molecule has 0 spiro atoms. The highest BCUT2D eigenvalue weighted by Gasteiger charge is 2.31. The lowest BCUT2D eigenvalue weighted by Crippen LogP contribution is -2.53. The summed E-state index contributed by atoms with van der Waals surface area (Å²) in [5, 5.41) is 14.2. The number of urea groups is 1. The number of carbonyl (C=O) groups excluding carboxylic acids is 2. The van der Waals surface area contributed by atoms with Crippen LogP contribution in [0.1, 0.15) is 20.3 Å². The van der Waals surface area contributed by atoms with Gasteiger partial charge in [-0.25, -0.2) is 4.79 Å². The van der Waals surface area contributed by atoms with Gasteiger partial charge in [0.05, 0.1) is 17.9 Å². The van der Waals surface area contributed by atoms with Gasteiger partial charge in [-0.3, -0.25) is 9.59 Å². The molecule has 1 aliphatic heterocycles. The van der Waals surface area contributed by atoms with Crippen molar-refractivity contribution >= 4 is 29.7 Å². The molecule has 1 saturated heterocycles. The Morgan fingerprint density at radius 1 is 1.38 bits per heavy atom. The minimum atomic E-state index is -0.911. The van der Waals surface area contributed by atoms with Crippen LogP contribution in [0.15, 0.2) is 0 Å². The molecule has 3 amide bonds. The number of carbonyl (C=O) groups is 3. The third-order valence-electron chi connectivity index (χ3n) is 3.42. The van der Waals surface area contributed by atoms with Gasteiger partial charge in [0.15, 0.2) is 0 Å². The van der Waals surface area contributed by atoms with E-state index in [0.717, 1.165) is 5.75 Å². The summed E-state index contributed by atoms with van der Waals surface area (Å²) in [5.74, 6) is 0.353. The topological polar surface area (TPSA) is 98.7 Å². The molecule has 1 heterocycles. The van der Waals surface area contributed by atoms with Crippen LogP contribution in [0.3, 0.4) is 0 Å². The van der Waals surface area contributed by atoms with E-state index in [1.165, 1.54) is 0 Å². The van der Waals surface area contributed by atoms with Gasteiger partial charge in [-0.05, 0) is 13.8 Å². The van der Waals surface area contributed by atoms with Crippen molar-refractivity contribution in [1.29, 1.82) is 0 Å². The molecular formula is C13H23N3O4S. The number of nitrogens with one attached hydrogen (secondary N) is 2. The molecule has 0 aliphatic carbocycles. The smallest absolute Gasteiger partial charge is 0.317 e. The van der Waals surface area contributed by atoms with Crippen molar-refractivity contribution in [3.05, 3.63) is 0 Å². The Labute approximate surface area is 128 Å². The summed E-state index contributed by atoms with van der Waals surface area (Å²) in [4.78, 5) is 36.3. The second-order valence-corrected chi connectivity index (χ2v) is 6.79. The molecule has 3 N–H and O–H groups in total. The van der Waals surface area contributed by atoms with Crippen molar-refractivity contribution in [3.63, 3.8) is 0 Å². The molecule has 1 rings (SSSR count). The van der Waals surface area contributed by atoms with Crippen LogP contribution >= 0.6 is 11.8 Å². The number of rotatable bonds is 5. The molecule has 0 bridgehead atoms. The highest BCUT2D eigenvalue weighted by atomic mass is 32.2. The molecule has 0 aromatic carbocycles. The molecule has 0 radical (unpaired) electrons. The summed E-state index contributed by atoms with van der Waals surface area (Å²) in [6, 6.07) is -0.608. The second kappa shape index (κ2) is 7.53. The van der Waals surface area contributed by atoms with Crippen LogP contribution in [0, 0.1) is 5.41 Å². The Hall–Kier alpha value is -1.44. The Morgan fingerprint density at radius 2 is 2.05 bits per heavy atom. The highest BCUT2D eigenvalue weighted by molar-refractivity contribution is 7.99. The number of carboxylic acids is 1. The highest BCUT2D eigenvalue weighted by Crippen LogP contribution is 2.20. The van der Waals surface area contributed by atoms with Crippen LogP contribution in [-0.2, 0) is 9.59 Å². The first-order valence-electron chi connectivity index (χ1n) is 6.84. The zero-order valence-corrected chi connectivity index (χ0v) is 13.5. The summed E-state index contributed by atoms with van der Waals surface area (Å²) in [5.41, 5.74) is -0.711. The summed E-state index contributed by atoms with van der Waals surface area (Å²) in [7, 11) is 1.55. The Bertz CT molecular complexity index is 414. The SMILES string of the molecule is CNC(=O)C(C)(C)CNC(=O)N1CCSCC1CC(=O)O. The first-order valence-corrected chi connectivity index (χ1v) is 7.99. The van der Waals surface area contributed by atoms with Crippen LogP contribution < -0.4 is 10.6 Å². The summed E-state index contributed by atoms with van der Waals surface area (Å²) >= 11 is 1.65. The number of carboxylic acid groups (broad SMARTS) is 1. The van der Waals surface area contributed by atoms with E-state index in [0.29, 0.717) is 12.3 Å². The van der Waals surface area contributed by atoms with Crippen LogP contribution in [0.5, 0.6) is 0 Å². The number of amides is 3. The second-order valence-electron chi connectivity index (χ2n) is 5.64. The lowest BCUT2D eigenvalue weighted by atomic mass is 9.92. The molecule has 0 aromatic heterocycles. The zero-order valence-electron chi connectivity index (χ0n) is 12.6. The molecule has 0 aromatic rings. The van der Waals surface area contributed by atoms with E-state index < -0.39 is 11.4 Å². The van der Waals surface area contributed by atoms with E-state index in [2.05, 4.69) is 10.6 Å². The van der Waals surface area contributed by atoms with Crippen molar-refractivity contribution in [1.82, 2.24) is 15.5 Å². The fourth-order valence-corrected chi connectivity index (χ4v) is 3.17. The molecule has 21 heavy (non-hydrogen) atoms. The van der Waals surface area contributed by atoms with Gasteiger partial charge in [0.25, 0.3) is 0 Å². The molecular weight excluding hydrogens is 294 g/mol. The van der Waals surface area contributed by atoms with Gasteiger partial charge in [0, 0.05) is 31.6 Å². The third-order valence-corrected chi connectivity index (χ3v) is 4.51. The van der Waals surface area contributed by atoms with Gasteiger partial charge >= 0.3 is 12.0 Å². The molecule has 8 heteroatoms. The normalized spacial score (nSPS) is 19.0. The number of hydrogen-bond acceptors (Lipinski definition) is 4. The van der Waals surface area contributed by atoms with Gasteiger partial charge in [-0.1, -0.05) is 0 Å². The number of aliphatic carboxylic acids is 1. The zero-order chi connectivity index (χ0) is 16.0. The molecule has 1 atom stereocenters. The maximum atomic E-state index is 12.2. The van der Waals surface area contributed by atoms with E-state index >= 15 is 0 Å². The maximum Gasteiger partial charge on any atom is 0.317 e. The van der Waals surface area contributed by atoms with Gasteiger partial charge < -0.3 is 20.6 Å². The summed E-state index contributed by atoms with van der Waals surface area (Å²) < 4.78 is 0. The fourth-order valence-electron chi connectivity index (χ4n) is 2.11. The monoisotopic (exact) mass is 317 g/mol. The molecule has 1 aliphatic rings. The molecule has 120 valence electrons. The lowest BCUT2D eigenvalue weighted by molar-refractivity contribution is -0.138. The van der Waals surface area contributed by atoms with Crippen LogP contribution in [0.4, 0.5) is 4.79 Å². The van der Waals surface area contributed by atoms with Gasteiger partial charge in [0.1, 0.15) is 0 Å². The fraction of sp³-hybridized carbons (Fsp3) is 0.769. The van der Waals surface area contributed by atoms with E-state index in [1.54, 1.807) is 37.6 Å². The Balaban J connectivity index is 2.60. The standard InChI is InChI=1S/C13H23N3O4S/c1-13(2,11(19)14-3)8-15-12(20)16-4-5-21-7-9(16)6-10(17)18/h9H,4-8H2,1-3H3,(H,14,19)(H,15,20)(H,17,18). The minimum absolute atomic E-state index is 0.0563. The third kappa shape index (κ3) is 5.11. The molecule has 1 unspecified atom stereocenters. The van der Waals surface area contributed by atoms with Crippen molar-refractivity contribution in [3.8, 4) is 0 Å². The quantitative estimate of drug-likeness (QED) is 0.680. The van der Waals surface area contributed by atoms with Gasteiger partial charge in [-0.15, -0.1) is 0 Å². The van der Waals surface area contributed by atoms with Crippen molar-refractivity contribution < 1.29 is 19.5 Å². The summed E-state index contributed by atoms with van der Waals surface area (Å²) in [6.45, 7) is 4.21. The first-order chi connectivity index (χ1) is 9.77. The first kappa shape index (κ1) is 17.6. The van der Waals surface area contributed by atoms with E-state index in [4.69, 9.17) is 5.11 Å². The Kier molecular flexibility index (Phi) is 6.32. The molecule has 0 saturated carbocycles. The summed E-state index contributed by atoms with van der Waals surface area (Å²) in [6.07, 6.45) is -0.0563. The van der Waals surface area contributed by atoms with Crippen LogP contribution in [0.25, 0.3) is 0 Å². The van der Waals surface area contributed by atoms with E-state index in [9.17, 15) is 14.4 Å². The van der Waals surface area contributed by atoms with E-state index in [-0.39, 0.29) is 30.9 Å². The lowest BCUT2D eigenvalue weighted by Gasteiger charge is -2.35. The maximum absolute atomic E-state index is 12.2. The average Bonchev–Trinajstić information content (AvgIpc) is 2.43. The van der Waals surface area contributed by atoms with E-state index in [1.807, 2.05) is 0 Å². The van der Waals surface area contributed by atoms with Crippen molar-refractivity contribution in [2.75, 3.05) is 31.6 Å². The van der Waals surface area contributed by atoms with Gasteiger partial charge in [-0.2, -0.15) is 11.8 Å². The predicted molar refractivity (Wildman–Crippen MR) is 81.3 cm³/mol. The van der Waals surface area contributed by atoms with Gasteiger partial charge in [0.2, 0.25) is 5.91 Å². The average molecular weight is 317 g/mol. The largest absolute Gasteiger partial charge is 0.481 e. The molecule has 1 fully saturated rings. The van der Waals surface area contributed by atoms with Crippen LogP contribution in [0.2, 0.25) is 0 Å². The number of nitrogens with zero attached hydrogens (tertiary/aromatic N) is 1.